The first-order chi connectivity index (χ1) is 10.4. The van der Waals surface area contributed by atoms with Crippen LogP contribution in [-0.2, 0) is 0 Å². The molecule has 0 heterocycles. The predicted octanol–water partition coefficient (Wildman–Crippen LogP) is 3.41. The zero-order chi connectivity index (χ0) is 15.2. The van der Waals surface area contributed by atoms with Crippen molar-refractivity contribution in [2.24, 2.45) is 4.99 Å². The third-order valence-corrected chi connectivity index (χ3v) is 3.74. The number of unbranched alkanes of at least 4 members (excludes halogenated alkanes) is 1. The van der Waals surface area contributed by atoms with E-state index in [2.05, 4.69) is 39.3 Å². The third-order valence-electron chi connectivity index (χ3n) is 3.04. The van der Waals surface area contributed by atoms with Crippen LogP contribution in [0.15, 0.2) is 35.3 Å². The van der Waals surface area contributed by atoms with Crippen molar-refractivity contribution in [3.8, 4) is 0 Å². The average Bonchev–Trinajstić information content (AvgIpc) is 2.53. The number of halogens is 1. The second kappa shape index (κ2) is 15.3. The van der Waals surface area contributed by atoms with E-state index in [1.165, 1.54) is 24.3 Å². The van der Waals surface area contributed by atoms with E-state index < -0.39 is 0 Å². The molecule has 0 spiro atoms. The van der Waals surface area contributed by atoms with Crippen molar-refractivity contribution < 1.29 is 0 Å². The lowest BCUT2D eigenvalue weighted by molar-refractivity contribution is 0.721. The van der Waals surface area contributed by atoms with Crippen LogP contribution in [0.25, 0.3) is 0 Å². The first-order valence-electron chi connectivity index (χ1n) is 7.59. The number of nitrogens with one attached hydrogen (secondary N) is 3. The van der Waals surface area contributed by atoms with Gasteiger partial charge in [-0.15, -0.1) is 24.0 Å². The Balaban J connectivity index is 0.00000441. The Hall–Kier alpha value is -0.630. The minimum Gasteiger partial charge on any atom is -0.385 e. The molecule has 1 aromatic rings. The molecular weight excluding hydrogens is 407 g/mol. The molecule has 0 aliphatic carbocycles. The van der Waals surface area contributed by atoms with Crippen LogP contribution in [0.3, 0.4) is 0 Å². The zero-order valence-electron chi connectivity index (χ0n) is 13.6. The van der Waals surface area contributed by atoms with Gasteiger partial charge in [0.1, 0.15) is 0 Å². The highest BCUT2D eigenvalue weighted by molar-refractivity contribution is 14.0. The molecule has 0 bridgehead atoms. The van der Waals surface area contributed by atoms with Crippen LogP contribution < -0.4 is 16.0 Å². The maximum atomic E-state index is 4.23. The number of aliphatic imine (C=N–C) groups is 1. The van der Waals surface area contributed by atoms with E-state index in [0.29, 0.717) is 0 Å². The van der Waals surface area contributed by atoms with Crippen LogP contribution in [0.5, 0.6) is 0 Å². The Morgan fingerprint density at radius 3 is 2.32 bits per heavy atom. The molecule has 0 unspecified atom stereocenters. The van der Waals surface area contributed by atoms with Crippen molar-refractivity contribution in [3.63, 3.8) is 0 Å². The summed E-state index contributed by atoms with van der Waals surface area (Å²) in [7, 11) is 1.82. The van der Waals surface area contributed by atoms with Gasteiger partial charge >= 0.3 is 0 Å². The number of rotatable bonds is 10. The fourth-order valence-corrected chi connectivity index (χ4v) is 2.38. The third kappa shape index (κ3) is 11.0. The van der Waals surface area contributed by atoms with Gasteiger partial charge in [-0.3, -0.25) is 4.99 Å². The fourth-order valence-electron chi connectivity index (χ4n) is 1.88. The second-order valence-electron chi connectivity index (χ2n) is 4.77. The minimum absolute atomic E-state index is 0. The lowest BCUT2D eigenvalue weighted by atomic mass is 10.3. The predicted molar refractivity (Wildman–Crippen MR) is 112 cm³/mol. The normalized spacial score (nSPS) is 10.7. The van der Waals surface area contributed by atoms with E-state index in [1.54, 1.807) is 0 Å². The summed E-state index contributed by atoms with van der Waals surface area (Å²) in [5.74, 6) is 2.14. The molecule has 0 atom stereocenters. The first-order valence-corrected chi connectivity index (χ1v) is 8.98. The molecule has 0 saturated heterocycles. The number of hydrogen-bond acceptors (Lipinski definition) is 3. The van der Waals surface area contributed by atoms with Crippen molar-refractivity contribution >= 4 is 47.4 Å². The van der Waals surface area contributed by atoms with Crippen molar-refractivity contribution in [1.29, 1.82) is 0 Å². The summed E-state index contributed by atoms with van der Waals surface area (Å²) < 4.78 is 0. The smallest absolute Gasteiger partial charge is 0.190 e. The average molecular weight is 436 g/mol. The summed E-state index contributed by atoms with van der Waals surface area (Å²) in [6, 6.07) is 10.3. The molecule has 0 amide bonds. The molecule has 0 radical (unpaired) electrons. The lowest BCUT2D eigenvalue weighted by Gasteiger charge is -2.12. The van der Waals surface area contributed by atoms with Gasteiger partial charge in [-0.05, 0) is 43.4 Å². The Morgan fingerprint density at radius 1 is 1.00 bits per heavy atom. The number of thioether (sulfide) groups is 1. The number of guanidine groups is 1. The first kappa shape index (κ1) is 21.4. The number of hydrogen-bond donors (Lipinski definition) is 3. The van der Waals surface area contributed by atoms with E-state index in [1.807, 2.05) is 37.0 Å². The van der Waals surface area contributed by atoms with Gasteiger partial charge in [0.15, 0.2) is 5.96 Å². The van der Waals surface area contributed by atoms with Gasteiger partial charge in [-0.1, -0.05) is 18.2 Å². The molecule has 0 fully saturated rings. The standard InChI is InChI=1S/C16H28N4S.HI/c1-17-16(19-11-6-7-14-21-2)20-13-8-12-18-15-9-4-3-5-10-15;/h3-5,9-10,18H,6-8,11-14H2,1-2H3,(H2,17,19,20);1H. The monoisotopic (exact) mass is 436 g/mol. The van der Waals surface area contributed by atoms with Crippen LogP contribution in [0, 0.1) is 0 Å². The van der Waals surface area contributed by atoms with E-state index in [4.69, 9.17) is 0 Å². The molecule has 126 valence electrons. The van der Waals surface area contributed by atoms with Gasteiger partial charge in [0.25, 0.3) is 0 Å². The van der Waals surface area contributed by atoms with Crippen molar-refractivity contribution in [1.82, 2.24) is 10.6 Å². The highest BCUT2D eigenvalue weighted by Crippen LogP contribution is 2.04. The van der Waals surface area contributed by atoms with Crippen molar-refractivity contribution in [3.05, 3.63) is 30.3 Å². The van der Waals surface area contributed by atoms with Crippen LogP contribution in [-0.4, -0.2) is 44.7 Å². The van der Waals surface area contributed by atoms with Gasteiger partial charge in [-0.25, -0.2) is 0 Å². The molecule has 0 saturated carbocycles. The van der Waals surface area contributed by atoms with Crippen LogP contribution in [0.2, 0.25) is 0 Å². The van der Waals surface area contributed by atoms with Gasteiger partial charge in [-0.2, -0.15) is 11.8 Å². The van der Waals surface area contributed by atoms with E-state index in [-0.39, 0.29) is 24.0 Å². The van der Waals surface area contributed by atoms with Crippen molar-refractivity contribution in [2.45, 2.75) is 19.3 Å². The van der Waals surface area contributed by atoms with E-state index in [9.17, 15) is 0 Å². The number of benzene rings is 1. The van der Waals surface area contributed by atoms with E-state index >= 15 is 0 Å². The lowest BCUT2D eigenvalue weighted by Crippen LogP contribution is -2.38. The molecule has 6 heteroatoms. The molecule has 22 heavy (non-hydrogen) atoms. The van der Waals surface area contributed by atoms with Crippen LogP contribution in [0.4, 0.5) is 5.69 Å². The maximum absolute atomic E-state index is 4.23. The Bertz CT molecular complexity index is 387. The molecule has 4 nitrogen and oxygen atoms in total. The molecule has 3 N–H and O–H groups in total. The maximum Gasteiger partial charge on any atom is 0.190 e. The highest BCUT2D eigenvalue weighted by Gasteiger charge is 1.96. The molecule has 1 rings (SSSR count). The van der Waals surface area contributed by atoms with E-state index in [0.717, 1.165) is 32.0 Å². The summed E-state index contributed by atoms with van der Waals surface area (Å²) >= 11 is 1.90. The van der Waals surface area contributed by atoms with Crippen LogP contribution in [0.1, 0.15) is 19.3 Å². The van der Waals surface area contributed by atoms with Gasteiger partial charge in [0, 0.05) is 32.4 Å². The number of anilines is 1. The highest BCUT2D eigenvalue weighted by atomic mass is 127. The summed E-state index contributed by atoms with van der Waals surface area (Å²) in [4.78, 5) is 4.23. The number of para-hydroxylation sites is 1. The Kier molecular flexibility index (Phi) is 14.8. The van der Waals surface area contributed by atoms with Crippen molar-refractivity contribution in [2.75, 3.05) is 44.0 Å². The topological polar surface area (TPSA) is 48.5 Å². The fraction of sp³-hybridized carbons (Fsp3) is 0.562. The molecule has 1 aromatic carbocycles. The SMILES string of the molecule is CN=C(NCCCCSC)NCCCNc1ccccc1.I. The van der Waals surface area contributed by atoms with Gasteiger partial charge < -0.3 is 16.0 Å². The molecule has 0 aromatic heterocycles. The zero-order valence-corrected chi connectivity index (χ0v) is 16.7. The minimum atomic E-state index is 0. The number of nitrogens with zero attached hydrogens (tertiary/aromatic N) is 1. The molecule has 0 aliphatic rings. The summed E-state index contributed by atoms with van der Waals surface area (Å²) in [6.45, 7) is 2.87. The molecule has 0 aliphatic heterocycles. The summed E-state index contributed by atoms with van der Waals surface area (Å²) in [5, 5.41) is 10.1. The quantitative estimate of drug-likeness (QED) is 0.228. The summed E-state index contributed by atoms with van der Waals surface area (Å²) in [5.41, 5.74) is 1.17. The second-order valence-corrected chi connectivity index (χ2v) is 5.76. The Labute approximate surface area is 156 Å². The molecular formula is C16H29IN4S. The van der Waals surface area contributed by atoms with Gasteiger partial charge in [0.2, 0.25) is 0 Å². The van der Waals surface area contributed by atoms with Crippen LogP contribution >= 0.6 is 35.7 Å². The summed E-state index contributed by atoms with van der Waals surface area (Å²) in [6.07, 6.45) is 5.66. The largest absolute Gasteiger partial charge is 0.385 e. The Morgan fingerprint density at radius 2 is 1.68 bits per heavy atom. The van der Waals surface area contributed by atoms with Gasteiger partial charge in [0.05, 0.1) is 0 Å².